The van der Waals surface area contributed by atoms with Gasteiger partial charge in [0, 0.05) is 16.3 Å². The molecule has 4 rings (SSSR count). The van der Waals surface area contributed by atoms with Crippen LogP contribution in [-0.2, 0) is 0 Å². The molecular weight excluding hydrogens is 402 g/mol. The molecule has 136 valence electrons. The second-order valence-electron chi connectivity index (χ2n) is 5.80. The molecule has 0 atom stereocenters. The molecule has 2 aromatic carbocycles. The minimum absolute atomic E-state index is 0.0456. The molecule has 0 radical (unpaired) electrons. The van der Waals surface area contributed by atoms with Crippen molar-refractivity contribution in [2.45, 2.75) is 12.1 Å². The highest BCUT2D eigenvalue weighted by Crippen LogP contribution is 2.27. The van der Waals surface area contributed by atoms with Crippen molar-refractivity contribution < 1.29 is 4.79 Å². The van der Waals surface area contributed by atoms with Crippen LogP contribution in [0.5, 0.6) is 0 Å². The Morgan fingerprint density at radius 1 is 1.22 bits per heavy atom. The number of aryl methyl sites for hydroxylation is 1. The van der Waals surface area contributed by atoms with Crippen molar-refractivity contribution in [3.63, 3.8) is 0 Å². The van der Waals surface area contributed by atoms with Gasteiger partial charge in [0.2, 0.25) is 15.2 Å². The molecule has 2 aromatic heterocycles. The number of Topliss-reactive ketones (excluding diaryl/α,β-unsaturated/α-hetero) is 1. The predicted octanol–water partition coefficient (Wildman–Crippen LogP) is 4.87. The molecule has 2 heterocycles. The lowest BCUT2D eigenvalue weighted by Gasteiger charge is -2.02. The monoisotopic (exact) mass is 415 g/mol. The van der Waals surface area contributed by atoms with E-state index in [0.717, 1.165) is 11.3 Å². The van der Waals surface area contributed by atoms with Crippen molar-refractivity contribution >= 4 is 56.3 Å². The standard InChI is InChI=1S/C18H14ClN5OS2/c1-11-5-7-12(8-6-11)15(25)10-26-17-21-22-18-24(17)23-16(27-18)20-14-4-2-3-13(19)9-14/h2-9H,10H2,1H3,(H,20,23). The van der Waals surface area contributed by atoms with Crippen molar-refractivity contribution in [2.24, 2.45) is 0 Å². The van der Waals surface area contributed by atoms with Crippen molar-refractivity contribution in [1.82, 2.24) is 19.8 Å². The minimum Gasteiger partial charge on any atom is -0.330 e. The molecule has 0 aliphatic carbocycles. The van der Waals surface area contributed by atoms with E-state index in [9.17, 15) is 4.79 Å². The van der Waals surface area contributed by atoms with E-state index < -0.39 is 0 Å². The molecule has 0 spiro atoms. The summed E-state index contributed by atoms with van der Waals surface area (Å²) < 4.78 is 1.64. The normalized spacial score (nSPS) is 11.0. The fourth-order valence-electron chi connectivity index (χ4n) is 2.38. The summed E-state index contributed by atoms with van der Waals surface area (Å²) in [4.78, 5) is 13.0. The number of anilines is 2. The molecule has 0 amide bonds. The van der Waals surface area contributed by atoms with Gasteiger partial charge in [0.1, 0.15) is 0 Å². The average Bonchev–Trinajstić information content (AvgIpc) is 3.20. The highest BCUT2D eigenvalue weighted by molar-refractivity contribution is 7.99. The van der Waals surface area contributed by atoms with E-state index in [1.165, 1.54) is 23.1 Å². The number of carbonyl (C=O) groups is 1. The largest absolute Gasteiger partial charge is 0.330 e. The molecule has 0 saturated carbocycles. The van der Waals surface area contributed by atoms with Crippen molar-refractivity contribution in [1.29, 1.82) is 0 Å². The number of carbonyl (C=O) groups excluding carboxylic acids is 1. The van der Waals surface area contributed by atoms with Crippen LogP contribution in [0.1, 0.15) is 15.9 Å². The molecular formula is C18H14ClN5OS2. The van der Waals surface area contributed by atoms with Gasteiger partial charge in [-0.25, -0.2) is 0 Å². The Morgan fingerprint density at radius 2 is 2.04 bits per heavy atom. The van der Waals surface area contributed by atoms with Crippen LogP contribution < -0.4 is 5.32 Å². The van der Waals surface area contributed by atoms with Gasteiger partial charge in [0.15, 0.2) is 5.78 Å². The highest BCUT2D eigenvalue weighted by Gasteiger charge is 2.15. The number of ketones is 1. The van der Waals surface area contributed by atoms with Crippen LogP contribution in [0.3, 0.4) is 0 Å². The van der Waals surface area contributed by atoms with E-state index in [4.69, 9.17) is 11.6 Å². The summed E-state index contributed by atoms with van der Waals surface area (Å²) >= 11 is 8.70. The number of aromatic nitrogens is 4. The smallest absolute Gasteiger partial charge is 0.237 e. The topological polar surface area (TPSA) is 72.2 Å². The van der Waals surface area contributed by atoms with Crippen molar-refractivity contribution in [3.05, 3.63) is 64.7 Å². The van der Waals surface area contributed by atoms with Gasteiger partial charge in [-0.2, -0.15) is 4.52 Å². The molecule has 4 aromatic rings. The van der Waals surface area contributed by atoms with E-state index in [1.54, 1.807) is 4.52 Å². The van der Waals surface area contributed by atoms with Gasteiger partial charge >= 0.3 is 0 Å². The zero-order chi connectivity index (χ0) is 18.8. The van der Waals surface area contributed by atoms with Crippen molar-refractivity contribution in [2.75, 3.05) is 11.1 Å². The molecule has 0 unspecified atom stereocenters. The number of nitrogens with one attached hydrogen (secondary N) is 1. The second kappa shape index (κ2) is 7.67. The van der Waals surface area contributed by atoms with Crippen LogP contribution in [0.2, 0.25) is 5.02 Å². The molecule has 9 heteroatoms. The number of fused-ring (bicyclic) bond motifs is 1. The lowest BCUT2D eigenvalue weighted by Crippen LogP contribution is -2.03. The molecule has 0 aliphatic heterocycles. The molecule has 1 N–H and O–H groups in total. The van der Waals surface area contributed by atoms with Gasteiger partial charge < -0.3 is 5.32 Å². The minimum atomic E-state index is 0.0456. The number of halogens is 1. The van der Waals surface area contributed by atoms with Gasteiger partial charge in [0.25, 0.3) is 0 Å². The van der Waals surface area contributed by atoms with Crippen LogP contribution in [-0.4, -0.2) is 31.3 Å². The Hall–Kier alpha value is -2.42. The summed E-state index contributed by atoms with van der Waals surface area (Å²) in [5.74, 6) is 0.322. The van der Waals surface area contributed by atoms with Crippen LogP contribution in [0.4, 0.5) is 10.8 Å². The van der Waals surface area contributed by atoms with Crippen LogP contribution in [0.15, 0.2) is 53.7 Å². The van der Waals surface area contributed by atoms with Gasteiger partial charge in [0.05, 0.1) is 5.75 Å². The van der Waals surface area contributed by atoms with Crippen LogP contribution in [0.25, 0.3) is 4.96 Å². The molecule has 0 aliphatic rings. The van der Waals surface area contributed by atoms with E-state index in [2.05, 4.69) is 20.6 Å². The van der Waals surface area contributed by atoms with Gasteiger partial charge in [-0.05, 0) is 25.1 Å². The number of benzene rings is 2. The third-order valence-electron chi connectivity index (χ3n) is 3.74. The number of hydrogen-bond acceptors (Lipinski definition) is 7. The lowest BCUT2D eigenvalue weighted by atomic mass is 10.1. The first-order chi connectivity index (χ1) is 13.1. The molecule has 0 bridgehead atoms. The van der Waals surface area contributed by atoms with Crippen LogP contribution in [0, 0.1) is 6.92 Å². The zero-order valence-electron chi connectivity index (χ0n) is 14.2. The van der Waals surface area contributed by atoms with Crippen LogP contribution >= 0.6 is 34.7 Å². The Balaban J connectivity index is 1.47. The summed E-state index contributed by atoms with van der Waals surface area (Å²) in [5.41, 5.74) is 2.66. The second-order valence-corrected chi connectivity index (χ2v) is 8.13. The third-order valence-corrected chi connectivity index (χ3v) is 5.71. The van der Waals surface area contributed by atoms with E-state index in [-0.39, 0.29) is 11.5 Å². The van der Waals surface area contributed by atoms with E-state index in [1.807, 2.05) is 55.5 Å². The summed E-state index contributed by atoms with van der Waals surface area (Å²) in [6, 6.07) is 14.9. The fraction of sp³-hybridized carbons (Fsp3) is 0.111. The summed E-state index contributed by atoms with van der Waals surface area (Å²) in [5, 5.41) is 17.8. The quantitative estimate of drug-likeness (QED) is 0.358. The average molecular weight is 416 g/mol. The Labute approximate surface area is 168 Å². The maximum Gasteiger partial charge on any atom is 0.237 e. The summed E-state index contributed by atoms with van der Waals surface area (Å²) in [6.45, 7) is 1.99. The molecule has 0 fully saturated rings. The predicted molar refractivity (Wildman–Crippen MR) is 110 cm³/mol. The maximum absolute atomic E-state index is 12.3. The molecule has 6 nitrogen and oxygen atoms in total. The number of thioether (sulfide) groups is 1. The summed E-state index contributed by atoms with van der Waals surface area (Å²) in [7, 11) is 0. The lowest BCUT2D eigenvalue weighted by molar-refractivity contribution is 0.102. The number of hydrogen-bond donors (Lipinski definition) is 1. The third kappa shape index (κ3) is 4.13. The Bertz CT molecular complexity index is 1110. The highest BCUT2D eigenvalue weighted by atomic mass is 35.5. The van der Waals surface area contributed by atoms with Gasteiger partial charge in [-0.1, -0.05) is 70.6 Å². The maximum atomic E-state index is 12.3. The van der Waals surface area contributed by atoms with E-state index >= 15 is 0 Å². The Morgan fingerprint density at radius 3 is 2.81 bits per heavy atom. The summed E-state index contributed by atoms with van der Waals surface area (Å²) in [6.07, 6.45) is 0. The number of rotatable bonds is 6. The Kier molecular flexibility index (Phi) is 5.11. The first-order valence-electron chi connectivity index (χ1n) is 8.06. The first-order valence-corrected chi connectivity index (χ1v) is 10.2. The zero-order valence-corrected chi connectivity index (χ0v) is 16.6. The first kappa shape index (κ1) is 18.0. The molecule has 0 saturated heterocycles. The van der Waals surface area contributed by atoms with Gasteiger partial charge in [-0.15, -0.1) is 15.3 Å². The SMILES string of the molecule is Cc1ccc(C(=O)CSc2nnc3sc(Nc4cccc(Cl)c4)nn23)cc1. The van der Waals surface area contributed by atoms with Crippen molar-refractivity contribution in [3.8, 4) is 0 Å². The number of nitrogens with zero attached hydrogens (tertiary/aromatic N) is 4. The fourth-order valence-corrected chi connectivity index (χ4v) is 4.16. The molecule has 27 heavy (non-hydrogen) atoms. The van der Waals surface area contributed by atoms with Gasteiger partial charge in [-0.3, -0.25) is 4.79 Å². The van der Waals surface area contributed by atoms with E-state index in [0.29, 0.717) is 25.8 Å².